The highest BCUT2D eigenvalue weighted by Crippen LogP contribution is 2.16. The fourth-order valence-electron chi connectivity index (χ4n) is 1.46. The summed E-state index contributed by atoms with van der Waals surface area (Å²) in [6.45, 7) is -0.921. The van der Waals surface area contributed by atoms with Gasteiger partial charge in [-0.05, 0) is 6.42 Å². The van der Waals surface area contributed by atoms with Crippen molar-refractivity contribution in [3.63, 3.8) is 0 Å². The molecule has 10 nitrogen and oxygen atoms in total. The lowest BCUT2D eigenvalue weighted by atomic mass is 10.0. The molecule has 1 fully saturated rings. The van der Waals surface area contributed by atoms with Gasteiger partial charge in [0.05, 0.1) is 19.3 Å². The molecule has 1 aliphatic heterocycles. The summed E-state index contributed by atoms with van der Waals surface area (Å²) in [5, 5.41) is 9.49. The maximum Gasteiger partial charge on any atom is 0.217 e. The highest BCUT2D eigenvalue weighted by atomic mass is 32.3. The Kier molecular flexibility index (Phi) is 5.02. The van der Waals surface area contributed by atoms with Crippen LogP contribution in [0.4, 0.5) is 0 Å². The highest BCUT2D eigenvalue weighted by Gasteiger charge is 2.31. The van der Waals surface area contributed by atoms with Crippen LogP contribution in [0, 0.1) is 0 Å². The van der Waals surface area contributed by atoms with E-state index in [1.165, 1.54) is 0 Å². The molecule has 108 valence electrons. The van der Waals surface area contributed by atoms with E-state index < -0.39 is 45.6 Å². The van der Waals surface area contributed by atoms with Crippen molar-refractivity contribution in [2.75, 3.05) is 13.2 Å². The van der Waals surface area contributed by atoms with E-state index in [0.29, 0.717) is 0 Å². The molecule has 0 spiro atoms. The van der Waals surface area contributed by atoms with Crippen molar-refractivity contribution < 1.29 is 40.0 Å². The quantitative estimate of drug-likeness (QED) is 0.398. The summed E-state index contributed by atoms with van der Waals surface area (Å²) in [5.41, 5.74) is 0. The monoisotopic (exact) mass is 305 g/mol. The topological polar surface area (TPSA) is 165 Å². The largest absolute Gasteiger partial charge is 0.735 e. The number of aliphatic hydroxyl groups is 1. The average molecular weight is 305 g/mol. The fourth-order valence-corrected chi connectivity index (χ4v) is 2.33. The van der Waals surface area contributed by atoms with Gasteiger partial charge in [0.1, 0.15) is 6.10 Å². The van der Waals surface area contributed by atoms with E-state index in [1.807, 2.05) is 0 Å². The maximum absolute atomic E-state index is 10.4. The van der Waals surface area contributed by atoms with Crippen LogP contribution in [0.2, 0.25) is 0 Å². The van der Waals surface area contributed by atoms with Crippen LogP contribution in [0.25, 0.3) is 0 Å². The Morgan fingerprint density at radius 1 is 1.33 bits per heavy atom. The lowest BCUT2D eigenvalue weighted by molar-refractivity contribution is -0.0996. The lowest BCUT2D eigenvalue weighted by Gasteiger charge is -2.33. The summed E-state index contributed by atoms with van der Waals surface area (Å²) < 4.78 is 72.2. The van der Waals surface area contributed by atoms with Gasteiger partial charge in [-0.3, -0.25) is 4.18 Å². The van der Waals surface area contributed by atoms with Crippen LogP contribution in [0.5, 0.6) is 0 Å². The molecule has 12 heteroatoms. The molecular weight excluding hydrogens is 294 g/mol. The number of rotatable bonds is 5. The number of hydrogen-bond donors (Lipinski definition) is 2. The third-order valence-electron chi connectivity index (χ3n) is 2.15. The first-order valence-electron chi connectivity index (χ1n) is 4.70. The molecule has 2 N–H and O–H groups in total. The van der Waals surface area contributed by atoms with Crippen LogP contribution in [0.15, 0.2) is 0 Å². The standard InChI is InChI=1S/C6H13NO9S2/c8-5-1-4(7-17(9,10)11)2-15-6(5)3-16-18(12,13)14/h4-8H,1-3H2,(H,9,10,11)(H,12,13,14)/p-2/t4-,5-,6?/m0/s1. The van der Waals surface area contributed by atoms with E-state index in [0.717, 1.165) is 0 Å². The third-order valence-corrected chi connectivity index (χ3v) is 3.20. The second-order valence-corrected chi connectivity index (χ2v) is 5.83. The molecule has 1 heterocycles. The van der Waals surface area contributed by atoms with Gasteiger partial charge < -0.3 is 18.9 Å². The van der Waals surface area contributed by atoms with E-state index in [9.17, 15) is 31.0 Å². The van der Waals surface area contributed by atoms with Crippen molar-refractivity contribution in [1.82, 2.24) is 4.72 Å². The summed E-state index contributed by atoms with van der Waals surface area (Å²) >= 11 is 0. The van der Waals surface area contributed by atoms with Gasteiger partial charge in [0, 0.05) is 6.04 Å². The van der Waals surface area contributed by atoms with Crippen LogP contribution in [-0.2, 0) is 29.6 Å². The molecule has 1 unspecified atom stereocenters. The lowest BCUT2D eigenvalue weighted by Crippen LogP contribution is -2.50. The molecule has 1 rings (SSSR count). The minimum atomic E-state index is -4.89. The first kappa shape index (κ1) is 15.7. The van der Waals surface area contributed by atoms with Gasteiger partial charge in [0.2, 0.25) is 10.4 Å². The van der Waals surface area contributed by atoms with Gasteiger partial charge >= 0.3 is 0 Å². The molecule has 0 aliphatic carbocycles. The Bertz CT molecular complexity index is 471. The molecule has 0 aromatic rings. The molecule has 0 aromatic heterocycles. The predicted octanol–water partition coefficient (Wildman–Crippen LogP) is -2.97. The second-order valence-electron chi connectivity index (χ2n) is 3.64. The van der Waals surface area contributed by atoms with E-state index in [4.69, 9.17) is 4.74 Å². The number of hydrogen-bond acceptors (Lipinski definition) is 9. The molecule has 3 atom stereocenters. The number of nitrogens with one attached hydrogen (secondary N) is 1. The van der Waals surface area contributed by atoms with Gasteiger partial charge in [-0.25, -0.2) is 21.6 Å². The molecule has 0 bridgehead atoms. The Labute approximate surface area is 104 Å². The van der Waals surface area contributed by atoms with Gasteiger partial charge in [-0.1, -0.05) is 0 Å². The maximum atomic E-state index is 10.4. The molecule has 1 aliphatic rings. The molecule has 1 saturated heterocycles. The Morgan fingerprint density at radius 2 is 1.94 bits per heavy atom. The summed E-state index contributed by atoms with van der Waals surface area (Å²) in [6, 6.07) is -0.914. The Morgan fingerprint density at radius 3 is 2.39 bits per heavy atom. The van der Waals surface area contributed by atoms with E-state index in [-0.39, 0.29) is 13.0 Å². The Hall–Kier alpha value is -0.340. The summed E-state index contributed by atoms with van der Waals surface area (Å²) in [4.78, 5) is 0. The third kappa shape index (κ3) is 6.01. The Balaban J connectivity index is 2.46. The molecule has 0 saturated carbocycles. The number of ether oxygens (including phenoxy) is 1. The van der Waals surface area contributed by atoms with Crippen molar-refractivity contribution >= 4 is 20.7 Å². The molecule has 18 heavy (non-hydrogen) atoms. The molecule has 0 radical (unpaired) electrons. The van der Waals surface area contributed by atoms with Gasteiger partial charge in [0.25, 0.3) is 0 Å². The zero-order valence-electron chi connectivity index (χ0n) is 8.88. The fraction of sp³-hybridized carbons (Fsp3) is 1.00. The minimum Gasteiger partial charge on any atom is -0.735 e. The van der Waals surface area contributed by atoms with Crippen molar-refractivity contribution in [1.29, 1.82) is 0 Å². The van der Waals surface area contributed by atoms with E-state index in [1.54, 1.807) is 4.72 Å². The van der Waals surface area contributed by atoms with Crippen molar-refractivity contribution in [3.05, 3.63) is 0 Å². The summed E-state index contributed by atoms with van der Waals surface area (Å²) in [5.74, 6) is 0. The van der Waals surface area contributed by atoms with E-state index in [2.05, 4.69) is 4.18 Å². The van der Waals surface area contributed by atoms with Crippen LogP contribution in [0.1, 0.15) is 6.42 Å². The van der Waals surface area contributed by atoms with Crippen molar-refractivity contribution in [2.24, 2.45) is 0 Å². The van der Waals surface area contributed by atoms with E-state index >= 15 is 0 Å². The predicted molar refractivity (Wildman–Crippen MR) is 52.6 cm³/mol. The molecular formula is C6H11NO9S2-2. The highest BCUT2D eigenvalue weighted by molar-refractivity contribution is 7.83. The molecule has 0 amide bonds. The zero-order valence-corrected chi connectivity index (χ0v) is 10.5. The zero-order chi connectivity index (χ0) is 14.0. The van der Waals surface area contributed by atoms with Crippen LogP contribution in [-0.4, -0.2) is 62.5 Å². The first-order chi connectivity index (χ1) is 8.07. The molecule has 0 aromatic carbocycles. The van der Waals surface area contributed by atoms with Crippen molar-refractivity contribution in [2.45, 2.75) is 24.7 Å². The normalized spacial score (nSPS) is 30.3. The van der Waals surface area contributed by atoms with Crippen LogP contribution < -0.4 is 4.72 Å². The van der Waals surface area contributed by atoms with Gasteiger partial charge in [-0.2, -0.15) is 0 Å². The van der Waals surface area contributed by atoms with Crippen LogP contribution in [0.3, 0.4) is 0 Å². The van der Waals surface area contributed by atoms with Crippen molar-refractivity contribution in [3.8, 4) is 0 Å². The smallest absolute Gasteiger partial charge is 0.217 e. The summed E-state index contributed by atoms with van der Waals surface area (Å²) in [6.07, 6.45) is -2.50. The second kappa shape index (κ2) is 5.75. The average Bonchev–Trinajstić information content (AvgIpc) is 2.12. The SMILES string of the molecule is O=S(=O)([O-])N[C@@H]1COC(COS(=O)(=O)[O-])[C@@H](O)C1. The van der Waals surface area contributed by atoms with Crippen LogP contribution >= 0.6 is 0 Å². The number of aliphatic hydroxyl groups excluding tert-OH is 1. The first-order valence-corrected chi connectivity index (χ1v) is 7.44. The summed E-state index contributed by atoms with van der Waals surface area (Å²) in [7, 11) is -9.56. The van der Waals surface area contributed by atoms with Gasteiger partial charge in [-0.15, -0.1) is 0 Å². The minimum absolute atomic E-state index is 0.158. The van der Waals surface area contributed by atoms with Gasteiger partial charge in [0.15, 0.2) is 10.3 Å².